The number of aromatic nitrogens is 1. The molecule has 0 aliphatic carbocycles. The number of hydrogen-bond donors (Lipinski definition) is 2. The van der Waals surface area contributed by atoms with E-state index in [4.69, 9.17) is 0 Å². The van der Waals surface area contributed by atoms with Crippen LogP contribution in [-0.2, 0) is 16.6 Å². The van der Waals surface area contributed by atoms with Crippen LogP contribution < -0.4 is 5.43 Å². The van der Waals surface area contributed by atoms with E-state index in [9.17, 15) is 23.1 Å². The monoisotopic (exact) mass is 351 g/mol. The topological polar surface area (TPSA) is 66.6 Å². The smallest absolute Gasteiger partial charge is 0.386 e. The zero-order valence-electron chi connectivity index (χ0n) is 13.5. The molecule has 1 aliphatic heterocycles. The lowest BCUT2D eigenvalue weighted by molar-refractivity contribution is -0.143. The van der Waals surface area contributed by atoms with E-state index in [1.165, 1.54) is 6.07 Å². The predicted octanol–water partition coefficient (Wildman–Crippen LogP) is 2.98. The van der Waals surface area contributed by atoms with Crippen LogP contribution in [0.5, 0.6) is 0 Å². The average Bonchev–Trinajstić information content (AvgIpc) is 2.97. The van der Waals surface area contributed by atoms with Crippen LogP contribution in [0.3, 0.4) is 0 Å². The SMILES string of the molecule is CC(C)(O)c1ccc(C2=NC(C=O)c3ccc(C(F)(F)F)n3N2)cc1. The van der Waals surface area contributed by atoms with Crippen molar-refractivity contribution < 1.29 is 23.1 Å². The number of aliphatic hydroxyl groups is 1. The van der Waals surface area contributed by atoms with Gasteiger partial charge in [-0.15, -0.1) is 0 Å². The summed E-state index contributed by atoms with van der Waals surface area (Å²) in [5.41, 5.74) is 1.95. The van der Waals surface area contributed by atoms with Gasteiger partial charge in [-0.3, -0.25) is 10.1 Å². The van der Waals surface area contributed by atoms with E-state index in [1.54, 1.807) is 38.1 Å². The largest absolute Gasteiger partial charge is 0.433 e. The number of amidine groups is 1. The van der Waals surface area contributed by atoms with Gasteiger partial charge in [0.25, 0.3) is 0 Å². The molecule has 8 heteroatoms. The summed E-state index contributed by atoms with van der Waals surface area (Å²) in [5, 5.41) is 9.98. The number of aliphatic imine (C=N–C) groups is 1. The summed E-state index contributed by atoms with van der Waals surface area (Å²) in [7, 11) is 0. The van der Waals surface area contributed by atoms with Crippen molar-refractivity contribution >= 4 is 12.1 Å². The first kappa shape index (κ1) is 17.2. The number of hydrogen-bond acceptors (Lipinski definition) is 4. The van der Waals surface area contributed by atoms with Gasteiger partial charge >= 0.3 is 6.18 Å². The lowest BCUT2D eigenvalue weighted by Gasteiger charge is -2.25. The maximum atomic E-state index is 13.1. The first-order valence-corrected chi connectivity index (χ1v) is 7.53. The number of rotatable bonds is 3. The van der Waals surface area contributed by atoms with Crippen molar-refractivity contribution in [2.45, 2.75) is 31.7 Å². The maximum absolute atomic E-state index is 13.1. The molecule has 132 valence electrons. The van der Waals surface area contributed by atoms with E-state index in [-0.39, 0.29) is 11.5 Å². The highest BCUT2D eigenvalue weighted by molar-refractivity contribution is 6.05. The summed E-state index contributed by atoms with van der Waals surface area (Å²) in [6, 6.07) is 7.69. The molecule has 2 heterocycles. The van der Waals surface area contributed by atoms with E-state index in [0.29, 0.717) is 17.4 Å². The van der Waals surface area contributed by atoms with Gasteiger partial charge in [-0.2, -0.15) is 13.2 Å². The van der Waals surface area contributed by atoms with Gasteiger partial charge in [0.05, 0.1) is 11.3 Å². The van der Waals surface area contributed by atoms with Gasteiger partial charge in [0.15, 0.2) is 6.29 Å². The first-order valence-electron chi connectivity index (χ1n) is 7.53. The minimum atomic E-state index is -4.56. The lowest BCUT2D eigenvalue weighted by atomic mass is 9.97. The highest BCUT2D eigenvalue weighted by Crippen LogP contribution is 2.33. The fourth-order valence-corrected chi connectivity index (χ4v) is 2.64. The third-order valence-corrected chi connectivity index (χ3v) is 3.98. The Labute approximate surface area is 141 Å². The number of benzene rings is 1. The Morgan fingerprint density at radius 3 is 2.32 bits per heavy atom. The molecular formula is C17H16F3N3O2. The molecule has 1 atom stereocenters. The number of nitrogens with zero attached hydrogens (tertiary/aromatic N) is 2. The van der Waals surface area contributed by atoms with Gasteiger partial charge in [0.2, 0.25) is 0 Å². The molecule has 0 bridgehead atoms. The second-order valence-electron chi connectivity index (χ2n) is 6.28. The van der Waals surface area contributed by atoms with Crippen molar-refractivity contribution in [3.05, 3.63) is 58.9 Å². The Morgan fingerprint density at radius 2 is 1.80 bits per heavy atom. The van der Waals surface area contributed by atoms with Crippen molar-refractivity contribution in [3.8, 4) is 0 Å². The van der Waals surface area contributed by atoms with Crippen LogP contribution in [0.15, 0.2) is 41.4 Å². The van der Waals surface area contributed by atoms with Crippen molar-refractivity contribution in [2.24, 2.45) is 4.99 Å². The fourth-order valence-electron chi connectivity index (χ4n) is 2.64. The quantitative estimate of drug-likeness (QED) is 0.836. The van der Waals surface area contributed by atoms with Gasteiger partial charge in [-0.05, 0) is 31.5 Å². The summed E-state index contributed by atoms with van der Waals surface area (Å²) in [5.74, 6) is 0.147. The van der Waals surface area contributed by atoms with Gasteiger partial charge in [0.1, 0.15) is 17.6 Å². The molecule has 25 heavy (non-hydrogen) atoms. The third-order valence-electron chi connectivity index (χ3n) is 3.98. The Morgan fingerprint density at radius 1 is 1.16 bits per heavy atom. The van der Waals surface area contributed by atoms with Crippen molar-refractivity contribution in [3.63, 3.8) is 0 Å². The zero-order valence-corrected chi connectivity index (χ0v) is 13.5. The summed E-state index contributed by atoms with van der Waals surface area (Å²) in [6.45, 7) is 3.25. The molecule has 2 N–H and O–H groups in total. The van der Waals surface area contributed by atoms with Gasteiger partial charge in [-0.1, -0.05) is 24.3 Å². The number of carbonyl (C=O) groups is 1. The van der Waals surface area contributed by atoms with Crippen LogP contribution in [-0.4, -0.2) is 21.9 Å². The third kappa shape index (κ3) is 3.17. The number of halogens is 3. The molecule has 5 nitrogen and oxygen atoms in total. The Bertz CT molecular complexity index is 830. The molecule has 0 saturated heterocycles. The van der Waals surface area contributed by atoms with E-state index >= 15 is 0 Å². The molecule has 2 aromatic rings. The van der Waals surface area contributed by atoms with Gasteiger partial charge in [0, 0.05) is 5.56 Å². The molecule has 1 aliphatic rings. The Balaban J connectivity index is 2.00. The fraction of sp³-hybridized carbons (Fsp3) is 0.294. The second kappa shape index (κ2) is 5.73. The highest BCUT2D eigenvalue weighted by atomic mass is 19.4. The van der Waals surface area contributed by atoms with Crippen LogP contribution in [0.25, 0.3) is 0 Å². The number of fused-ring (bicyclic) bond motifs is 1. The zero-order chi connectivity index (χ0) is 18.4. The van der Waals surface area contributed by atoms with Crippen LogP contribution in [0.4, 0.5) is 13.2 Å². The number of carbonyl (C=O) groups excluding carboxylic acids is 1. The molecule has 0 saturated carbocycles. The molecule has 0 radical (unpaired) electrons. The first-order chi connectivity index (χ1) is 11.6. The molecule has 0 spiro atoms. The van der Waals surface area contributed by atoms with Crippen molar-refractivity contribution in [2.75, 3.05) is 5.43 Å². The summed E-state index contributed by atoms with van der Waals surface area (Å²) >= 11 is 0. The molecule has 1 unspecified atom stereocenters. The average molecular weight is 351 g/mol. The minimum absolute atomic E-state index is 0.124. The molecule has 1 aromatic carbocycles. The molecule has 1 aromatic heterocycles. The van der Waals surface area contributed by atoms with Crippen molar-refractivity contribution in [1.82, 2.24) is 4.68 Å². The predicted molar refractivity (Wildman–Crippen MR) is 85.8 cm³/mol. The lowest BCUT2D eigenvalue weighted by Crippen LogP contribution is -2.34. The number of aldehydes is 1. The van der Waals surface area contributed by atoms with Crippen LogP contribution >= 0.6 is 0 Å². The van der Waals surface area contributed by atoms with Crippen LogP contribution in [0, 0.1) is 0 Å². The maximum Gasteiger partial charge on any atom is 0.433 e. The van der Waals surface area contributed by atoms with E-state index in [2.05, 4.69) is 10.4 Å². The molecule has 3 rings (SSSR count). The molecule has 0 fully saturated rings. The standard InChI is InChI=1S/C17H16F3N3O2/c1-16(2,25)11-5-3-10(4-6-11)15-21-12(9-24)13-7-8-14(17(18,19)20)23(13)22-15/h3-9,12,25H,1-2H3,(H,21,22). The molecule has 0 amide bonds. The second-order valence-corrected chi connectivity index (χ2v) is 6.28. The normalized spacial score (nSPS) is 17.5. The van der Waals surface area contributed by atoms with Gasteiger partial charge < -0.3 is 9.90 Å². The summed E-state index contributed by atoms with van der Waals surface area (Å²) in [6.07, 6.45) is -4.07. The summed E-state index contributed by atoms with van der Waals surface area (Å²) in [4.78, 5) is 15.5. The van der Waals surface area contributed by atoms with E-state index < -0.39 is 23.5 Å². The van der Waals surface area contributed by atoms with Crippen molar-refractivity contribution in [1.29, 1.82) is 0 Å². The number of nitrogens with one attached hydrogen (secondary N) is 1. The highest BCUT2D eigenvalue weighted by Gasteiger charge is 2.38. The van der Waals surface area contributed by atoms with Crippen LogP contribution in [0.2, 0.25) is 0 Å². The number of alkyl halides is 3. The van der Waals surface area contributed by atoms with E-state index in [1.807, 2.05) is 0 Å². The van der Waals surface area contributed by atoms with E-state index in [0.717, 1.165) is 10.7 Å². The van der Waals surface area contributed by atoms with Crippen LogP contribution in [0.1, 0.15) is 42.4 Å². The van der Waals surface area contributed by atoms with Gasteiger partial charge in [-0.25, -0.2) is 4.99 Å². The summed E-state index contributed by atoms with van der Waals surface area (Å²) < 4.78 is 40.2. The Hall–Kier alpha value is -2.61. The molecular weight excluding hydrogens is 335 g/mol. The Kier molecular flexibility index (Phi) is 3.95. The minimum Gasteiger partial charge on any atom is -0.386 e.